The smallest absolute Gasteiger partial charge is 0.173 e. The van der Waals surface area contributed by atoms with Crippen LogP contribution in [0.3, 0.4) is 0 Å². The molecule has 1 radical (unpaired) electrons. The molecule has 0 aromatic heterocycles. The molecule has 0 amide bonds. The maximum atomic E-state index is 13.9. The largest absolute Gasteiger partial charge is 0.451 e. The van der Waals surface area contributed by atoms with E-state index in [1.54, 1.807) is 24.3 Å². The predicted octanol–water partition coefficient (Wildman–Crippen LogP) is 4.71. The molecule has 0 N–H and O–H groups in total. The molecular weight excluding hydrogens is 246 g/mol. The summed E-state index contributed by atoms with van der Waals surface area (Å²) in [6.45, 7) is 0. The van der Waals surface area contributed by atoms with Crippen molar-refractivity contribution in [2.24, 2.45) is 0 Å². The van der Waals surface area contributed by atoms with Crippen LogP contribution in [0.25, 0.3) is 10.8 Å². The minimum absolute atomic E-state index is 0.0246. The summed E-state index contributed by atoms with van der Waals surface area (Å²) in [6, 6.07) is 17.0. The van der Waals surface area contributed by atoms with Gasteiger partial charge in [0.25, 0.3) is 0 Å². The normalized spacial score (nSPS) is 10.6. The Balaban J connectivity index is 2.15. The maximum Gasteiger partial charge on any atom is 0.173 e. The lowest BCUT2D eigenvalue weighted by molar-refractivity contribution is 0.419. The second-order valence-corrected chi connectivity index (χ2v) is 4.05. The number of fused-ring (bicyclic) bond motifs is 1. The molecule has 0 aliphatic rings. The Morgan fingerprint density at radius 3 is 2.58 bits per heavy atom. The van der Waals surface area contributed by atoms with Crippen molar-refractivity contribution >= 4 is 10.8 Å². The zero-order valence-electron chi connectivity index (χ0n) is 9.86. The quantitative estimate of drug-likeness (QED) is 0.644. The van der Waals surface area contributed by atoms with Crippen LogP contribution in [-0.2, 0) is 0 Å². The van der Waals surface area contributed by atoms with E-state index >= 15 is 0 Å². The van der Waals surface area contributed by atoms with E-state index in [2.05, 4.69) is 6.07 Å². The van der Waals surface area contributed by atoms with Gasteiger partial charge >= 0.3 is 0 Å². The minimum atomic E-state index is -0.644. The Labute approximate surface area is 109 Å². The number of benzene rings is 3. The minimum Gasteiger partial charge on any atom is -0.451 e. The van der Waals surface area contributed by atoms with E-state index in [4.69, 9.17) is 4.74 Å². The van der Waals surface area contributed by atoms with Gasteiger partial charge in [0.05, 0.1) is 0 Å². The Kier molecular flexibility index (Phi) is 2.88. The fourth-order valence-corrected chi connectivity index (χ4v) is 1.91. The van der Waals surface area contributed by atoms with Crippen molar-refractivity contribution in [2.45, 2.75) is 0 Å². The van der Waals surface area contributed by atoms with Gasteiger partial charge in [-0.1, -0.05) is 42.5 Å². The Hall–Kier alpha value is -2.42. The van der Waals surface area contributed by atoms with Crippen molar-refractivity contribution in [1.82, 2.24) is 0 Å². The van der Waals surface area contributed by atoms with Crippen LogP contribution in [0, 0.1) is 17.7 Å². The third kappa shape index (κ3) is 2.15. The van der Waals surface area contributed by atoms with Gasteiger partial charge in [-0.15, -0.1) is 0 Å². The van der Waals surface area contributed by atoms with Gasteiger partial charge in [-0.05, 0) is 17.5 Å². The van der Waals surface area contributed by atoms with Gasteiger partial charge in [-0.2, -0.15) is 0 Å². The van der Waals surface area contributed by atoms with Crippen LogP contribution in [0.1, 0.15) is 0 Å². The van der Waals surface area contributed by atoms with Gasteiger partial charge in [-0.3, -0.25) is 0 Å². The summed E-state index contributed by atoms with van der Waals surface area (Å²) >= 11 is 0. The number of halogens is 2. The summed E-state index contributed by atoms with van der Waals surface area (Å²) < 4.78 is 32.8. The van der Waals surface area contributed by atoms with E-state index in [1.165, 1.54) is 18.2 Å². The van der Waals surface area contributed by atoms with E-state index in [-0.39, 0.29) is 11.5 Å². The van der Waals surface area contributed by atoms with Gasteiger partial charge in [0.2, 0.25) is 0 Å². The van der Waals surface area contributed by atoms with E-state index in [0.717, 1.165) is 5.39 Å². The molecule has 19 heavy (non-hydrogen) atoms. The summed E-state index contributed by atoms with van der Waals surface area (Å²) in [5.74, 6) is -1.19. The maximum absolute atomic E-state index is 13.9. The number of hydrogen-bond donors (Lipinski definition) is 0. The van der Waals surface area contributed by atoms with Crippen LogP contribution >= 0.6 is 0 Å². The van der Waals surface area contributed by atoms with Crippen LogP contribution < -0.4 is 4.74 Å². The zero-order chi connectivity index (χ0) is 13.2. The molecule has 0 bridgehead atoms. The van der Waals surface area contributed by atoms with Crippen LogP contribution in [0.4, 0.5) is 8.78 Å². The van der Waals surface area contributed by atoms with Crippen LogP contribution in [0.5, 0.6) is 11.5 Å². The van der Waals surface area contributed by atoms with Gasteiger partial charge in [0, 0.05) is 11.5 Å². The average molecular weight is 255 g/mol. The van der Waals surface area contributed by atoms with Crippen molar-refractivity contribution in [3.8, 4) is 11.5 Å². The molecule has 0 atom stereocenters. The van der Waals surface area contributed by atoms with E-state index in [9.17, 15) is 8.78 Å². The molecule has 3 aromatic carbocycles. The second-order valence-electron chi connectivity index (χ2n) is 4.05. The topological polar surface area (TPSA) is 9.23 Å². The first-order valence-corrected chi connectivity index (χ1v) is 5.77. The molecule has 3 aromatic rings. The Morgan fingerprint density at radius 1 is 0.895 bits per heavy atom. The van der Waals surface area contributed by atoms with Crippen LogP contribution in [-0.4, -0.2) is 0 Å². The molecule has 0 spiro atoms. The molecule has 0 fully saturated rings. The summed E-state index contributed by atoms with van der Waals surface area (Å²) in [5, 5.41) is 1.44. The van der Waals surface area contributed by atoms with Crippen molar-refractivity contribution in [3.05, 3.63) is 72.3 Å². The molecule has 0 aliphatic carbocycles. The highest BCUT2D eigenvalue weighted by atomic mass is 19.1. The standard InChI is InChI=1S/C16H9F2O/c17-13-7-3-4-8-15(13)19-16-12-6-2-1-5-11(12)9-10-14(16)18/h1-6,8-10H. The third-order valence-electron chi connectivity index (χ3n) is 2.81. The van der Waals surface area contributed by atoms with Crippen LogP contribution in [0.2, 0.25) is 0 Å². The fraction of sp³-hybridized carbons (Fsp3) is 0. The molecule has 1 nitrogen and oxygen atoms in total. The lowest BCUT2D eigenvalue weighted by atomic mass is 10.1. The molecule has 3 rings (SSSR count). The van der Waals surface area contributed by atoms with Gasteiger partial charge in [0.1, 0.15) is 0 Å². The highest BCUT2D eigenvalue weighted by Gasteiger charge is 2.12. The van der Waals surface area contributed by atoms with Crippen LogP contribution in [0.15, 0.2) is 54.6 Å². The van der Waals surface area contributed by atoms with Gasteiger partial charge in [0.15, 0.2) is 23.1 Å². The average Bonchev–Trinajstić information content (AvgIpc) is 2.44. The molecule has 0 saturated carbocycles. The lowest BCUT2D eigenvalue weighted by Gasteiger charge is -2.10. The highest BCUT2D eigenvalue weighted by Crippen LogP contribution is 2.33. The Bertz CT molecular complexity index is 738. The summed E-state index contributed by atoms with van der Waals surface area (Å²) in [4.78, 5) is 0. The number of rotatable bonds is 2. The van der Waals surface area contributed by atoms with Gasteiger partial charge < -0.3 is 4.74 Å². The summed E-state index contributed by atoms with van der Waals surface area (Å²) in [7, 11) is 0. The fourth-order valence-electron chi connectivity index (χ4n) is 1.91. The summed E-state index contributed by atoms with van der Waals surface area (Å²) in [6.07, 6.45) is 0. The number of hydrogen-bond acceptors (Lipinski definition) is 1. The Morgan fingerprint density at radius 2 is 1.74 bits per heavy atom. The second kappa shape index (κ2) is 4.69. The first-order valence-electron chi connectivity index (χ1n) is 5.77. The number of ether oxygens (including phenoxy) is 1. The molecule has 0 aliphatic heterocycles. The highest BCUT2D eigenvalue weighted by molar-refractivity contribution is 5.88. The van der Waals surface area contributed by atoms with Crippen molar-refractivity contribution in [2.75, 3.05) is 0 Å². The molecule has 0 unspecified atom stereocenters. The monoisotopic (exact) mass is 255 g/mol. The zero-order valence-corrected chi connectivity index (χ0v) is 9.86. The lowest BCUT2D eigenvalue weighted by Crippen LogP contribution is -1.92. The first-order chi connectivity index (χ1) is 9.25. The van der Waals surface area contributed by atoms with E-state index in [0.29, 0.717) is 5.39 Å². The molecule has 0 saturated heterocycles. The van der Waals surface area contributed by atoms with Crippen molar-refractivity contribution < 1.29 is 13.5 Å². The first kappa shape index (κ1) is 11.7. The van der Waals surface area contributed by atoms with Crippen molar-refractivity contribution in [3.63, 3.8) is 0 Å². The van der Waals surface area contributed by atoms with Gasteiger partial charge in [-0.25, -0.2) is 8.78 Å². The SMILES string of the molecule is Fc1[c]cccc1Oc1c(F)ccc2ccccc12. The predicted molar refractivity (Wildman–Crippen MR) is 69.2 cm³/mol. The molecule has 93 valence electrons. The molecular formula is C16H9F2O. The molecule has 3 heteroatoms. The van der Waals surface area contributed by atoms with E-state index < -0.39 is 11.6 Å². The summed E-state index contributed by atoms with van der Waals surface area (Å²) in [5.41, 5.74) is 0. The third-order valence-corrected chi connectivity index (χ3v) is 2.81. The van der Waals surface area contributed by atoms with Crippen molar-refractivity contribution in [1.29, 1.82) is 0 Å². The molecule has 0 heterocycles. The van der Waals surface area contributed by atoms with E-state index in [1.807, 2.05) is 12.1 Å².